The molecule has 1 saturated heterocycles. The SMILES string of the molecule is CCC1=N[C@]2(CC[C@H]3CN(Cc4ccc(C)cc4)C[C@H]32)C(=O)N1CCOC. The number of carbonyl (C=O) groups is 1. The van der Waals surface area contributed by atoms with Crippen LogP contribution < -0.4 is 0 Å². The summed E-state index contributed by atoms with van der Waals surface area (Å²) in [6, 6.07) is 8.80. The summed E-state index contributed by atoms with van der Waals surface area (Å²) in [6.45, 7) is 8.43. The van der Waals surface area contributed by atoms with Crippen LogP contribution in [0.2, 0.25) is 0 Å². The topological polar surface area (TPSA) is 45.1 Å². The molecule has 2 aliphatic heterocycles. The maximum atomic E-state index is 13.4. The van der Waals surface area contributed by atoms with Gasteiger partial charge in [0.1, 0.15) is 11.4 Å². The highest BCUT2D eigenvalue weighted by Crippen LogP contribution is 2.50. The number of aliphatic imine (C=N–C) groups is 1. The minimum Gasteiger partial charge on any atom is -0.383 e. The van der Waals surface area contributed by atoms with Crippen molar-refractivity contribution in [2.75, 3.05) is 33.4 Å². The average molecular weight is 370 g/mol. The van der Waals surface area contributed by atoms with Gasteiger partial charge in [-0.3, -0.25) is 19.6 Å². The van der Waals surface area contributed by atoms with E-state index in [2.05, 4.69) is 43.0 Å². The number of amidine groups is 1. The van der Waals surface area contributed by atoms with Gasteiger partial charge in [0.15, 0.2) is 0 Å². The van der Waals surface area contributed by atoms with E-state index in [1.165, 1.54) is 11.1 Å². The van der Waals surface area contributed by atoms with Crippen molar-refractivity contribution in [3.8, 4) is 0 Å². The summed E-state index contributed by atoms with van der Waals surface area (Å²) in [5.74, 6) is 2.11. The fourth-order valence-corrected chi connectivity index (χ4v) is 5.24. The number of fused-ring (bicyclic) bond motifs is 2. The molecule has 1 aliphatic carbocycles. The molecule has 0 bridgehead atoms. The first kappa shape index (κ1) is 18.6. The highest BCUT2D eigenvalue weighted by atomic mass is 16.5. The first-order valence-electron chi connectivity index (χ1n) is 10.2. The molecule has 146 valence electrons. The van der Waals surface area contributed by atoms with Crippen molar-refractivity contribution in [3.05, 3.63) is 35.4 Å². The number of aryl methyl sites for hydroxylation is 1. The Morgan fingerprint density at radius 2 is 2.04 bits per heavy atom. The van der Waals surface area contributed by atoms with Crippen molar-refractivity contribution in [2.24, 2.45) is 16.8 Å². The highest BCUT2D eigenvalue weighted by Gasteiger charge is 2.60. The van der Waals surface area contributed by atoms with Crippen molar-refractivity contribution in [1.29, 1.82) is 0 Å². The third kappa shape index (κ3) is 3.21. The Bertz CT molecular complexity index is 730. The summed E-state index contributed by atoms with van der Waals surface area (Å²) in [5.41, 5.74) is 2.14. The number of carbonyl (C=O) groups excluding carboxylic acids is 1. The Morgan fingerprint density at radius 1 is 1.26 bits per heavy atom. The average Bonchev–Trinajstić information content (AvgIpc) is 3.30. The molecule has 1 amide bonds. The second-order valence-corrected chi connectivity index (χ2v) is 8.34. The Hall–Kier alpha value is -1.72. The number of ether oxygens (including phenoxy) is 1. The molecule has 0 unspecified atom stereocenters. The third-order valence-electron chi connectivity index (χ3n) is 6.64. The molecular formula is C22H31N3O2. The van der Waals surface area contributed by atoms with Gasteiger partial charge in [0.05, 0.1) is 13.2 Å². The Labute approximate surface area is 162 Å². The van der Waals surface area contributed by atoms with Crippen LogP contribution in [0.15, 0.2) is 29.3 Å². The number of nitrogens with zero attached hydrogens (tertiary/aromatic N) is 3. The molecule has 0 radical (unpaired) electrons. The summed E-state index contributed by atoms with van der Waals surface area (Å²) in [4.78, 5) is 22.9. The summed E-state index contributed by atoms with van der Waals surface area (Å²) in [6.07, 6.45) is 2.83. The van der Waals surface area contributed by atoms with Gasteiger partial charge in [-0.1, -0.05) is 36.8 Å². The van der Waals surface area contributed by atoms with Crippen LogP contribution in [-0.2, 0) is 16.1 Å². The van der Waals surface area contributed by atoms with Gasteiger partial charge in [0, 0.05) is 39.1 Å². The van der Waals surface area contributed by atoms with Crippen LogP contribution >= 0.6 is 0 Å². The molecule has 5 nitrogen and oxygen atoms in total. The number of rotatable bonds is 6. The van der Waals surface area contributed by atoms with Gasteiger partial charge >= 0.3 is 0 Å². The fraction of sp³-hybridized carbons (Fsp3) is 0.636. The van der Waals surface area contributed by atoms with Crippen LogP contribution in [0.4, 0.5) is 0 Å². The van der Waals surface area contributed by atoms with Crippen molar-refractivity contribution in [2.45, 2.75) is 45.2 Å². The first-order valence-corrected chi connectivity index (χ1v) is 10.2. The van der Waals surface area contributed by atoms with Crippen LogP contribution in [0.25, 0.3) is 0 Å². The zero-order chi connectivity index (χ0) is 19.0. The molecule has 2 fully saturated rings. The molecule has 1 aromatic rings. The van der Waals surface area contributed by atoms with Crippen LogP contribution in [0.3, 0.4) is 0 Å². The highest BCUT2D eigenvalue weighted by molar-refractivity contribution is 6.08. The van der Waals surface area contributed by atoms with Crippen LogP contribution in [0.1, 0.15) is 37.3 Å². The van der Waals surface area contributed by atoms with Crippen molar-refractivity contribution in [1.82, 2.24) is 9.80 Å². The van der Waals surface area contributed by atoms with Gasteiger partial charge in [-0.25, -0.2) is 0 Å². The predicted molar refractivity (Wildman–Crippen MR) is 107 cm³/mol. The standard InChI is InChI=1S/C22H31N3O2/c1-4-20-23-22(21(26)25(20)11-12-27-3)10-9-18-14-24(15-19(18)22)13-17-7-5-16(2)6-8-17/h5-8,18-19H,4,9-15H2,1-3H3/t18-,19+,22-/m0/s1. The van der Waals surface area contributed by atoms with E-state index < -0.39 is 5.54 Å². The molecule has 3 aliphatic rings. The van der Waals surface area contributed by atoms with E-state index in [4.69, 9.17) is 9.73 Å². The summed E-state index contributed by atoms with van der Waals surface area (Å²) < 4.78 is 5.22. The van der Waals surface area contributed by atoms with Crippen molar-refractivity contribution >= 4 is 11.7 Å². The predicted octanol–water partition coefficient (Wildman–Crippen LogP) is 2.87. The molecule has 1 saturated carbocycles. The number of hydrogen-bond acceptors (Lipinski definition) is 4. The van der Waals surface area contributed by atoms with Crippen LogP contribution in [-0.4, -0.2) is 60.4 Å². The second-order valence-electron chi connectivity index (χ2n) is 8.34. The molecule has 1 spiro atoms. The molecule has 2 heterocycles. The van der Waals surface area contributed by atoms with Gasteiger partial charge in [-0.2, -0.15) is 0 Å². The number of benzene rings is 1. The minimum atomic E-state index is -0.508. The van der Waals surface area contributed by atoms with Gasteiger partial charge in [-0.15, -0.1) is 0 Å². The molecule has 0 N–H and O–H groups in total. The largest absolute Gasteiger partial charge is 0.383 e. The van der Waals surface area contributed by atoms with Gasteiger partial charge in [-0.05, 0) is 31.2 Å². The molecule has 27 heavy (non-hydrogen) atoms. The van der Waals surface area contributed by atoms with E-state index in [0.717, 1.165) is 44.7 Å². The van der Waals surface area contributed by atoms with Gasteiger partial charge < -0.3 is 4.74 Å². The van der Waals surface area contributed by atoms with E-state index >= 15 is 0 Å². The van der Waals surface area contributed by atoms with Gasteiger partial charge in [0.2, 0.25) is 0 Å². The Balaban J connectivity index is 1.50. The number of amides is 1. The van der Waals surface area contributed by atoms with E-state index in [1.54, 1.807) is 7.11 Å². The smallest absolute Gasteiger partial charge is 0.256 e. The minimum absolute atomic E-state index is 0.223. The third-order valence-corrected chi connectivity index (χ3v) is 6.64. The fourth-order valence-electron chi connectivity index (χ4n) is 5.24. The number of hydrogen-bond donors (Lipinski definition) is 0. The number of likely N-dealkylation sites (tertiary alicyclic amines) is 1. The molecule has 3 atom stereocenters. The lowest BCUT2D eigenvalue weighted by Gasteiger charge is -2.28. The molecule has 0 aromatic heterocycles. The van der Waals surface area contributed by atoms with E-state index in [1.807, 2.05) is 4.90 Å². The Kier molecular flexibility index (Phi) is 5.08. The summed E-state index contributed by atoms with van der Waals surface area (Å²) >= 11 is 0. The maximum Gasteiger partial charge on any atom is 0.256 e. The molecular weight excluding hydrogens is 338 g/mol. The van der Waals surface area contributed by atoms with Crippen LogP contribution in [0.5, 0.6) is 0 Å². The lowest BCUT2D eigenvalue weighted by Crippen LogP contribution is -2.47. The molecule has 4 rings (SSSR count). The van der Waals surface area contributed by atoms with Crippen molar-refractivity contribution < 1.29 is 9.53 Å². The van der Waals surface area contributed by atoms with E-state index in [9.17, 15) is 4.79 Å². The Morgan fingerprint density at radius 3 is 2.74 bits per heavy atom. The van der Waals surface area contributed by atoms with Gasteiger partial charge in [0.25, 0.3) is 5.91 Å². The monoisotopic (exact) mass is 369 g/mol. The van der Waals surface area contributed by atoms with E-state index in [0.29, 0.717) is 25.0 Å². The van der Waals surface area contributed by atoms with E-state index in [-0.39, 0.29) is 5.91 Å². The normalized spacial score (nSPS) is 30.4. The zero-order valence-corrected chi connectivity index (χ0v) is 16.8. The number of methoxy groups -OCH3 is 1. The summed E-state index contributed by atoms with van der Waals surface area (Å²) in [7, 11) is 1.69. The lowest BCUT2D eigenvalue weighted by atomic mass is 9.85. The lowest BCUT2D eigenvalue weighted by molar-refractivity contribution is -0.132. The van der Waals surface area contributed by atoms with Crippen LogP contribution in [0, 0.1) is 18.8 Å². The maximum absolute atomic E-state index is 13.4. The zero-order valence-electron chi connectivity index (χ0n) is 16.8. The first-order chi connectivity index (χ1) is 13.1. The second kappa shape index (κ2) is 7.36. The summed E-state index contributed by atoms with van der Waals surface area (Å²) in [5, 5.41) is 0. The molecule has 5 heteroatoms. The quantitative estimate of drug-likeness (QED) is 0.775. The van der Waals surface area contributed by atoms with Crippen molar-refractivity contribution in [3.63, 3.8) is 0 Å². The molecule has 1 aromatic carbocycles.